The van der Waals surface area contributed by atoms with Gasteiger partial charge in [0.2, 0.25) is 0 Å². The van der Waals surface area contributed by atoms with E-state index >= 15 is 0 Å². The molecule has 3 heteroatoms. The number of nitrogens with zero attached hydrogens (tertiary/aromatic N) is 1. The fourth-order valence-electron chi connectivity index (χ4n) is 2.99. The molecule has 0 aliphatic heterocycles. The van der Waals surface area contributed by atoms with Crippen LogP contribution in [0.4, 0.5) is 0 Å². The summed E-state index contributed by atoms with van der Waals surface area (Å²) in [6.07, 6.45) is 10.6. The molecular formula is C14H25N3. The highest BCUT2D eigenvalue weighted by atomic mass is 15.0. The van der Waals surface area contributed by atoms with Crippen molar-refractivity contribution in [2.24, 2.45) is 11.8 Å². The quantitative estimate of drug-likeness (QED) is 0.823. The Hall–Kier alpha value is -0.830. The summed E-state index contributed by atoms with van der Waals surface area (Å²) in [6, 6.07) is 0.692. The van der Waals surface area contributed by atoms with Crippen LogP contribution in [0, 0.1) is 11.8 Å². The van der Waals surface area contributed by atoms with Crippen molar-refractivity contribution in [3.05, 3.63) is 18.2 Å². The summed E-state index contributed by atoms with van der Waals surface area (Å²) in [7, 11) is 0. The number of aromatic nitrogens is 2. The largest absolute Gasteiger partial charge is 0.348 e. The van der Waals surface area contributed by atoms with Crippen molar-refractivity contribution in [3.63, 3.8) is 0 Å². The first kappa shape index (κ1) is 12.6. The van der Waals surface area contributed by atoms with E-state index in [4.69, 9.17) is 0 Å². The van der Waals surface area contributed by atoms with Crippen molar-refractivity contribution in [1.29, 1.82) is 0 Å². The van der Waals surface area contributed by atoms with E-state index in [1.54, 1.807) is 0 Å². The molecule has 17 heavy (non-hydrogen) atoms. The molecule has 0 aromatic carbocycles. The molecule has 1 fully saturated rings. The summed E-state index contributed by atoms with van der Waals surface area (Å²) in [4.78, 5) is 7.40. The Balaban J connectivity index is 1.73. The predicted octanol–water partition coefficient (Wildman–Crippen LogP) is 3.10. The van der Waals surface area contributed by atoms with Crippen LogP contribution in [0.15, 0.2) is 12.4 Å². The standard InChI is InChI=1S/C14H25N3/c1-11(2)8-12-4-3-5-13(9-12)17-10-14-15-6-7-16-14/h6-7,11-13,17H,3-5,8-10H2,1-2H3,(H,15,16). The summed E-state index contributed by atoms with van der Waals surface area (Å²) >= 11 is 0. The minimum absolute atomic E-state index is 0.692. The third kappa shape index (κ3) is 4.15. The van der Waals surface area contributed by atoms with Crippen LogP contribution < -0.4 is 5.32 Å². The molecule has 1 heterocycles. The third-order valence-corrected chi connectivity index (χ3v) is 3.70. The number of aromatic amines is 1. The molecule has 3 nitrogen and oxygen atoms in total. The maximum Gasteiger partial charge on any atom is 0.120 e. The number of H-pyrrole nitrogens is 1. The molecule has 2 N–H and O–H groups in total. The second-order valence-corrected chi connectivity index (χ2v) is 5.78. The Morgan fingerprint density at radius 3 is 3.06 bits per heavy atom. The average molecular weight is 235 g/mol. The minimum atomic E-state index is 0.692. The molecule has 1 aliphatic rings. The van der Waals surface area contributed by atoms with E-state index in [-0.39, 0.29) is 0 Å². The first-order chi connectivity index (χ1) is 8.24. The van der Waals surface area contributed by atoms with Crippen molar-refractivity contribution >= 4 is 0 Å². The first-order valence-electron chi connectivity index (χ1n) is 6.95. The summed E-state index contributed by atoms with van der Waals surface area (Å²) in [5.74, 6) is 2.82. The van der Waals surface area contributed by atoms with Crippen molar-refractivity contribution in [1.82, 2.24) is 15.3 Å². The van der Waals surface area contributed by atoms with Crippen LogP contribution in [0.3, 0.4) is 0 Å². The fourth-order valence-corrected chi connectivity index (χ4v) is 2.99. The van der Waals surface area contributed by atoms with Crippen LogP contribution in [0.2, 0.25) is 0 Å². The van der Waals surface area contributed by atoms with E-state index in [2.05, 4.69) is 29.1 Å². The Morgan fingerprint density at radius 1 is 1.47 bits per heavy atom. The number of hydrogen-bond donors (Lipinski definition) is 2. The lowest BCUT2D eigenvalue weighted by atomic mass is 9.81. The Labute approximate surface area is 104 Å². The van der Waals surface area contributed by atoms with Crippen molar-refractivity contribution in [2.45, 2.75) is 58.5 Å². The zero-order chi connectivity index (χ0) is 12.1. The SMILES string of the molecule is CC(C)CC1CCCC(NCc2ncc[nH]2)C1. The van der Waals surface area contributed by atoms with Gasteiger partial charge in [0.15, 0.2) is 0 Å². The first-order valence-corrected chi connectivity index (χ1v) is 6.95. The minimum Gasteiger partial charge on any atom is -0.348 e. The summed E-state index contributed by atoms with van der Waals surface area (Å²) < 4.78 is 0. The molecule has 1 aliphatic carbocycles. The third-order valence-electron chi connectivity index (χ3n) is 3.70. The smallest absolute Gasteiger partial charge is 0.120 e. The lowest BCUT2D eigenvalue weighted by Gasteiger charge is -2.30. The van der Waals surface area contributed by atoms with Gasteiger partial charge in [-0.2, -0.15) is 0 Å². The predicted molar refractivity (Wildman–Crippen MR) is 70.6 cm³/mol. The van der Waals surface area contributed by atoms with Gasteiger partial charge < -0.3 is 10.3 Å². The Kier molecular flexibility index (Phi) is 4.60. The molecule has 1 aromatic heterocycles. The van der Waals surface area contributed by atoms with Gasteiger partial charge in [-0.25, -0.2) is 4.98 Å². The van der Waals surface area contributed by atoms with Gasteiger partial charge in [0.1, 0.15) is 5.82 Å². The van der Waals surface area contributed by atoms with Gasteiger partial charge in [-0.15, -0.1) is 0 Å². The molecule has 0 radical (unpaired) electrons. The molecule has 96 valence electrons. The second-order valence-electron chi connectivity index (χ2n) is 5.78. The summed E-state index contributed by atoms with van der Waals surface area (Å²) in [5, 5.41) is 3.63. The molecule has 0 bridgehead atoms. The van der Waals surface area contributed by atoms with Gasteiger partial charge in [0.25, 0.3) is 0 Å². The van der Waals surface area contributed by atoms with Crippen LogP contribution >= 0.6 is 0 Å². The lowest BCUT2D eigenvalue weighted by Crippen LogP contribution is -2.34. The molecule has 2 unspecified atom stereocenters. The van der Waals surface area contributed by atoms with E-state index in [9.17, 15) is 0 Å². The van der Waals surface area contributed by atoms with E-state index < -0.39 is 0 Å². The topological polar surface area (TPSA) is 40.7 Å². The van der Waals surface area contributed by atoms with Gasteiger partial charge in [0.05, 0.1) is 6.54 Å². The van der Waals surface area contributed by atoms with Gasteiger partial charge >= 0.3 is 0 Å². The fraction of sp³-hybridized carbons (Fsp3) is 0.786. The Morgan fingerprint density at radius 2 is 2.35 bits per heavy atom. The summed E-state index contributed by atoms with van der Waals surface area (Å²) in [6.45, 7) is 5.55. The van der Waals surface area contributed by atoms with Crippen molar-refractivity contribution in [3.8, 4) is 0 Å². The maximum absolute atomic E-state index is 4.25. The molecule has 1 saturated carbocycles. The van der Waals surface area contributed by atoms with Crippen LogP contribution in [0.25, 0.3) is 0 Å². The number of nitrogens with one attached hydrogen (secondary N) is 2. The highest BCUT2D eigenvalue weighted by Crippen LogP contribution is 2.29. The maximum atomic E-state index is 4.25. The summed E-state index contributed by atoms with van der Waals surface area (Å²) in [5.41, 5.74) is 0. The molecule has 1 aromatic rings. The van der Waals surface area contributed by atoms with E-state index in [1.165, 1.54) is 32.1 Å². The van der Waals surface area contributed by atoms with Crippen LogP contribution in [-0.4, -0.2) is 16.0 Å². The van der Waals surface area contributed by atoms with E-state index in [0.29, 0.717) is 6.04 Å². The van der Waals surface area contributed by atoms with Gasteiger partial charge in [0, 0.05) is 18.4 Å². The number of rotatable bonds is 5. The van der Waals surface area contributed by atoms with Gasteiger partial charge in [-0.05, 0) is 31.1 Å². The molecule has 2 rings (SSSR count). The number of imidazole rings is 1. The lowest BCUT2D eigenvalue weighted by molar-refractivity contribution is 0.251. The van der Waals surface area contributed by atoms with Crippen molar-refractivity contribution < 1.29 is 0 Å². The van der Waals surface area contributed by atoms with Crippen LogP contribution in [0.5, 0.6) is 0 Å². The van der Waals surface area contributed by atoms with Crippen molar-refractivity contribution in [2.75, 3.05) is 0 Å². The van der Waals surface area contributed by atoms with Crippen LogP contribution in [0.1, 0.15) is 51.8 Å². The monoisotopic (exact) mass is 235 g/mol. The zero-order valence-corrected chi connectivity index (χ0v) is 11.1. The Bertz CT molecular complexity index is 305. The molecule has 0 saturated heterocycles. The molecule has 0 spiro atoms. The zero-order valence-electron chi connectivity index (χ0n) is 11.1. The van der Waals surface area contributed by atoms with Crippen LogP contribution in [-0.2, 0) is 6.54 Å². The normalized spacial score (nSPS) is 25.4. The number of hydrogen-bond acceptors (Lipinski definition) is 2. The molecule has 2 atom stereocenters. The molecular weight excluding hydrogens is 210 g/mol. The second kappa shape index (κ2) is 6.20. The average Bonchev–Trinajstić information content (AvgIpc) is 2.79. The molecule has 0 amide bonds. The highest BCUT2D eigenvalue weighted by molar-refractivity contribution is 4.88. The van der Waals surface area contributed by atoms with Gasteiger partial charge in [-0.1, -0.05) is 26.7 Å². The van der Waals surface area contributed by atoms with E-state index in [1.807, 2.05) is 12.4 Å². The highest BCUT2D eigenvalue weighted by Gasteiger charge is 2.22. The van der Waals surface area contributed by atoms with E-state index in [0.717, 1.165) is 24.2 Å². The van der Waals surface area contributed by atoms with Gasteiger partial charge in [-0.3, -0.25) is 0 Å².